The maximum absolute atomic E-state index is 13.7. The Labute approximate surface area is 205 Å². The van der Waals surface area contributed by atoms with Crippen LogP contribution >= 0.6 is 0 Å². The topological polar surface area (TPSA) is 115 Å². The second-order valence-corrected chi connectivity index (χ2v) is 9.75. The van der Waals surface area contributed by atoms with Crippen molar-refractivity contribution in [3.63, 3.8) is 0 Å². The molecule has 3 N–H and O–H groups in total. The van der Waals surface area contributed by atoms with E-state index in [-0.39, 0.29) is 12.8 Å². The fraction of sp³-hybridized carbons (Fsp3) is 0.370. The van der Waals surface area contributed by atoms with Crippen LogP contribution in [0.4, 0.5) is 4.79 Å². The van der Waals surface area contributed by atoms with Gasteiger partial charge in [-0.2, -0.15) is 0 Å². The van der Waals surface area contributed by atoms with Gasteiger partial charge in [0.15, 0.2) is 5.54 Å². The van der Waals surface area contributed by atoms with Crippen LogP contribution in [0.25, 0.3) is 10.9 Å². The van der Waals surface area contributed by atoms with Crippen LogP contribution in [-0.4, -0.2) is 52.1 Å². The second kappa shape index (κ2) is 10.3. The van der Waals surface area contributed by atoms with Gasteiger partial charge in [0.1, 0.15) is 5.60 Å². The van der Waals surface area contributed by atoms with E-state index in [1.807, 2.05) is 54.6 Å². The van der Waals surface area contributed by atoms with E-state index < -0.39 is 35.2 Å². The number of nitrogens with two attached hydrogens (primary N) is 1. The fourth-order valence-corrected chi connectivity index (χ4v) is 4.07. The predicted molar refractivity (Wildman–Crippen MR) is 134 cm³/mol. The monoisotopic (exact) mass is 479 g/mol. The first-order valence-electron chi connectivity index (χ1n) is 11.5. The van der Waals surface area contributed by atoms with E-state index >= 15 is 0 Å². The van der Waals surface area contributed by atoms with Crippen molar-refractivity contribution in [3.05, 3.63) is 71.9 Å². The molecule has 2 aromatic carbocycles. The molecule has 1 heterocycles. The van der Waals surface area contributed by atoms with E-state index in [2.05, 4.69) is 4.98 Å². The zero-order valence-corrected chi connectivity index (χ0v) is 20.8. The number of amides is 2. The van der Waals surface area contributed by atoms with Gasteiger partial charge in [-0.05, 0) is 51.3 Å². The standard InChI is InChI=1S/C27H33N3O5/c1-26(2,3)35-25(33)30(23(31)21(28)15-18-11-7-6-8-12-18)27(4,24(32)34-5)16-19-17-29-22-14-10-9-13-20(19)22/h6-14,17,21,29H,15-16,28H2,1-5H3/t21-,27?/m0/s1. The van der Waals surface area contributed by atoms with Crippen molar-refractivity contribution in [2.75, 3.05) is 7.11 Å². The lowest BCUT2D eigenvalue weighted by atomic mass is 9.89. The molecule has 186 valence electrons. The summed E-state index contributed by atoms with van der Waals surface area (Å²) >= 11 is 0. The maximum Gasteiger partial charge on any atom is 0.418 e. The number of ether oxygens (including phenoxy) is 2. The molecule has 0 aliphatic rings. The van der Waals surface area contributed by atoms with Gasteiger partial charge in [-0.1, -0.05) is 48.5 Å². The van der Waals surface area contributed by atoms with Gasteiger partial charge in [-0.3, -0.25) is 4.79 Å². The Morgan fingerprint density at radius 3 is 2.26 bits per heavy atom. The number of nitrogens with zero attached hydrogens (tertiary/aromatic N) is 1. The van der Waals surface area contributed by atoms with Gasteiger partial charge < -0.3 is 20.2 Å². The van der Waals surface area contributed by atoms with E-state index in [0.29, 0.717) is 0 Å². The van der Waals surface area contributed by atoms with Crippen LogP contribution in [0, 0.1) is 0 Å². The van der Waals surface area contributed by atoms with Crippen molar-refractivity contribution in [1.29, 1.82) is 0 Å². The molecule has 0 aliphatic carbocycles. The third-order valence-corrected chi connectivity index (χ3v) is 5.74. The number of aromatic nitrogens is 1. The van der Waals surface area contributed by atoms with Crippen LogP contribution in [0.5, 0.6) is 0 Å². The Bertz CT molecular complexity index is 1200. The molecule has 0 aliphatic heterocycles. The van der Waals surface area contributed by atoms with Crippen LogP contribution in [0.3, 0.4) is 0 Å². The summed E-state index contributed by atoms with van der Waals surface area (Å²) < 4.78 is 10.7. The number of fused-ring (bicyclic) bond motifs is 1. The molecule has 0 spiro atoms. The van der Waals surface area contributed by atoms with Gasteiger partial charge in [-0.15, -0.1) is 0 Å². The van der Waals surface area contributed by atoms with Gasteiger partial charge in [-0.25, -0.2) is 14.5 Å². The summed E-state index contributed by atoms with van der Waals surface area (Å²) in [6.45, 7) is 6.56. The molecule has 3 aromatic rings. The van der Waals surface area contributed by atoms with Crippen molar-refractivity contribution in [1.82, 2.24) is 9.88 Å². The highest BCUT2D eigenvalue weighted by Gasteiger charge is 2.50. The van der Waals surface area contributed by atoms with Crippen LogP contribution in [0.2, 0.25) is 0 Å². The van der Waals surface area contributed by atoms with Gasteiger partial charge in [0.2, 0.25) is 5.91 Å². The molecule has 2 amide bonds. The number of carbonyl (C=O) groups excluding carboxylic acids is 3. The molecule has 0 radical (unpaired) electrons. The molecule has 0 saturated heterocycles. The van der Waals surface area contributed by atoms with E-state index in [0.717, 1.165) is 26.9 Å². The lowest BCUT2D eigenvalue weighted by molar-refractivity contribution is -0.160. The van der Waals surface area contributed by atoms with Crippen molar-refractivity contribution >= 4 is 28.9 Å². The van der Waals surface area contributed by atoms with E-state index in [1.165, 1.54) is 14.0 Å². The predicted octanol–water partition coefficient (Wildman–Crippen LogP) is 3.98. The average molecular weight is 480 g/mol. The highest BCUT2D eigenvalue weighted by molar-refractivity contribution is 6.01. The molecule has 3 rings (SSSR count). The molecule has 2 atom stereocenters. The molecule has 8 heteroatoms. The number of benzene rings is 2. The fourth-order valence-electron chi connectivity index (χ4n) is 4.07. The maximum atomic E-state index is 13.7. The zero-order valence-electron chi connectivity index (χ0n) is 20.8. The van der Waals surface area contributed by atoms with Crippen molar-refractivity contribution < 1.29 is 23.9 Å². The summed E-state index contributed by atoms with van der Waals surface area (Å²) in [6.07, 6.45) is 0.988. The van der Waals surface area contributed by atoms with Crippen LogP contribution < -0.4 is 5.73 Å². The summed E-state index contributed by atoms with van der Waals surface area (Å²) in [6, 6.07) is 15.7. The minimum Gasteiger partial charge on any atom is -0.467 e. The normalized spacial score (nSPS) is 14.1. The molecular formula is C27H33N3O5. The number of para-hydroxylation sites is 1. The van der Waals surface area contributed by atoms with Crippen molar-refractivity contribution in [2.45, 2.75) is 57.7 Å². The number of H-pyrrole nitrogens is 1. The number of aromatic amines is 1. The summed E-state index contributed by atoms with van der Waals surface area (Å²) in [5.41, 5.74) is 6.11. The number of hydrogen-bond donors (Lipinski definition) is 2. The molecule has 8 nitrogen and oxygen atoms in total. The highest BCUT2D eigenvalue weighted by atomic mass is 16.6. The second-order valence-electron chi connectivity index (χ2n) is 9.75. The first-order valence-corrected chi connectivity index (χ1v) is 11.5. The zero-order chi connectivity index (χ0) is 25.8. The summed E-state index contributed by atoms with van der Waals surface area (Å²) in [5, 5.41) is 0.868. The van der Waals surface area contributed by atoms with Gasteiger partial charge in [0.25, 0.3) is 0 Å². The number of esters is 1. The SMILES string of the molecule is COC(=O)C(C)(Cc1c[nH]c2ccccc12)N(C(=O)OC(C)(C)C)C(=O)[C@@H](N)Cc1ccccc1. The Hall–Kier alpha value is -3.65. The molecule has 0 fully saturated rings. The number of nitrogens with one attached hydrogen (secondary N) is 1. The Morgan fingerprint density at radius 2 is 1.63 bits per heavy atom. The Morgan fingerprint density at radius 1 is 1.00 bits per heavy atom. The van der Waals surface area contributed by atoms with E-state index in [4.69, 9.17) is 15.2 Å². The molecule has 1 unspecified atom stereocenters. The van der Waals surface area contributed by atoms with Crippen LogP contribution in [0.15, 0.2) is 60.8 Å². The quantitative estimate of drug-likeness (QED) is 0.496. The number of imide groups is 1. The van der Waals surface area contributed by atoms with E-state index in [1.54, 1.807) is 27.0 Å². The van der Waals surface area contributed by atoms with Crippen LogP contribution in [-0.2, 0) is 31.9 Å². The van der Waals surface area contributed by atoms with E-state index in [9.17, 15) is 14.4 Å². The number of methoxy groups -OCH3 is 1. The third-order valence-electron chi connectivity index (χ3n) is 5.74. The minimum absolute atomic E-state index is 0.00667. The third kappa shape index (κ3) is 5.89. The molecular weight excluding hydrogens is 446 g/mol. The lowest BCUT2D eigenvalue weighted by Crippen LogP contribution is -2.63. The lowest BCUT2D eigenvalue weighted by Gasteiger charge is -2.39. The summed E-state index contributed by atoms with van der Waals surface area (Å²) in [5.74, 6) is -1.48. The first kappa shape index (κ1) is 26.0. The van der Waals surface area contributed by atoms with Crippen molar-refractivity contribution in [3.8, 4) is 0 Å². The largest absolute Gasteiger partial charge is 0.467 e. The first-order chi connectivity index (χ1) is 16.5. The molecule has 35 heavy (non-hydrogen) atoms. The van der Waals surface area contributed by atoms with Gasteiger partial charge >= 0.3 is 12.1 Å². The molecule has 1 aromatic heterocycles. The Kier molecular flexibility index (Phi) is 7.65. The molecule has 0 bridgehead atoms. The number of rotatable bonds is 7. The Balaban J connectivity index is 2.06. The smallest absolute Gasteiger partial charge is 0.418 e. The van der Waals surface area contributed by atoms with Crippen molar-refractivity contribution in [2.24, 2.45) is 5.73 Å². The summed E-state index contributed by atoms with van der Waals surface area (Å²) in [7, 11) is 1.22. The number of carbonyl (C=O) groups is 3. The average Bonchev–Trinajstić information content (AvgIpc) is 3.20. The van der Waals surface area contributed by atoms with Crippen LogP contribution in [0.1, 0.15) is 38.8 Å². The minimum atomic E-state index is -1.71. The van der Waals surface area contributed by atoms with Gasteiger partial charge in [0.05, 0.1) is 13.2 Å². The highest BCUT2D eigenvalue weighted by Crippen LogP contribution is 2.30. The summed E-state index contributed by atoms with van der Waals surface area (Å²) in [4.78, 5) is 44.4. The number of hydrogen-bond acceptors (Lipinski definition) is 6. The van der Waals surface area contributed by atoms with Gasteiger partial charge in [0, 0.05) is 23.5 Å². The molecule has 0 saturated carbocycles.